The van der Waals surface area contributed by atoms with Gasteiger partial charge in [-0.05, 0) is 30.3 Å². The summed E-state index contributed by atoms with van der Waals surface area (Å²) in [5.74, 6) is 0. The topological polar surface area (TPSA) is 104 Å². The van der Waals surface area contributed by atoms with Gasteiger partial charge in [0, 0.05) is 25.7 Å². The molecule has 1 heterocycles. The predicted octanol–water partition coefficient (Wildman–Crippen LogP) is 0.779. The number of rotatable bonds is 8. The molecule has 1 aliphatic rings. The van der Waals surface area contributed by atoms with Crippen LogP contribution in [0.2, 0.25) is 6.32 Å². The van der Waals surface area contributed by atoms with E-state index in [0.717, 1.165) is 45.3 Å². The van der Waals surface area contributed by atoms with Crippen LogP contribution < -0.4 is 5.73 Å². The quantitative estimate of drug-likeness (QED) is 0.483. The van der Waals surface area contributed by atoms with Gasteiger partial charge < -0.3 is 15.8 Å². The molecule has 7 heteroatoms. The van der Waals surface area contributed by atoms with E-state index in [9.17, 15) is 0 Å². The fourth-order valence-electron chi connectivity index (χ4n) is 2.79. The molecule has 23 heavy (non-hydrogen) atoms. The molecule has 0 fully saturated rings. The van der Waals surface area contributed by atoms with E-state index in [2.05, 4.69) is 29.2 Å². The number of unbranched alkanes of at least 4 members (excludes halogenated alkanes) is 1. The second kappa shape index (κ2) is 11.1. The Kier molecular flexibility index (Phi) is 9.44. The molecule has 1 atom stereocenters. The van der Waals surface area contributed by atoms with Gasteiger partial charge in [0.2, 0.25) is 0 Å². The predicted molar refractivity (Wildman–Crippen MR) is 87.0 cm³/mol. The maximum absolute atomic E-state index is 8.77. The zero-order valence-corrected chi connectivity index (χ0v) is 13.4. The highest BCUT2D eigenvalue weighted by Gasteiger charge is 2.18. The third kappa shape index (κ3) is 8.07. The van der Waals surface area contributed by atoms with E-state index in [1.54, 1.807) is 0 Å². The van der Waals surface area contributed by atoms with Crippen molar-refractivity contribution in [3.05, 3.63) is 35.4 Å². The molecule has 0 saturated heterocycles. The molecule has 0 bridgehead atoms. The van der Waals surface area contributed by atoms with Crippen LogP contribution in [0.4, 0.5) is 0 Å². The van der Waals surface area contributed by atoms with Gasteiger partial charge in [0.05, 0.1) is 0 Å². The average molecular weight is 320 g/mol. The summed E-state index contributed by atoms with van der Waals surface area (Å²) in [5, 5.41) is 17.5. The number of hydrogen-bond donors (Lipinski definition) is 3. The Bertz CT molecular complexity index is 468. The minimum absolute atomic E-state index is 0.217. The summed E-state index contributed by atoms with van der Waals surface area (Å²) in [6.07, 6.45) is 4.48. The fourth-order valence-corrected chi connectivity index (χ4v) is 2.79. The highest BCUT2D eigenvalue weighted by atomic mass is 16.4. The molecule has 1 aromatic carbocycles. The molecule has 6 nitrogen and oxygen atoms in total. The van der Waals surface area contributed by atoms with Crippen LogP contribution in [0.3, 0.4) is 0 Å². The molecule has 0 amide bonds. The van der Waals surface area contributed by atoms with Gasteiger partial charge in [0.25, 0.3) is 0 Å². The van der Waals surface area contributed by atoms with Crippen molar-refractivity contribution < 1.29 is 19.6 Å². The molecular weight excluding hydrogens is 295 g/mol. The van der Waals surface area contributed by atoms with E-state index < -0.39 is 7.12 Å². The molecular formula is C16H25BN2O4. The zero-order valence-electron chi connectivity index (χ0n) is 13.4. The molecule has 0 saturated carbocycles. The number of nitrogens with zero attached hydrogens (tertiary/aromatic N) is 1. The lowest BCUT2D eigenvalue weighted by molar-refractivity contribution is -0.191. The minimum Gasteiger partial charge on any atom is -0.427 e. The summed E-state index contributed by atoms with van der Waals surface area (Å²) in [6, 6.07) is 8.83. The largest absolute Gasteiger partial charge is 0.451 e. The summed E-state index contributed by atoms with van der Waals surface area (Å²) in [5.41, 5.74) is 9.01. The van der Waals surface area contributed by atoms with Gasteiger partial charge in [-0.1, -0.05) is 37.1 Å². The maximum Gasteiger partial charge on any atom is 0.451 e. The van der Waals surface area contributed by atoms with Crippen LogP contribution in [0.25, 0.3) is 0 Å². The van der Waals surface area contributed by atoms with Gasteiger partial charge in [0.15, 0.2) is 0 Å². The van der Waals surface area contributed by atoms with Crippen LogP contribution in [-0.2, 0) is 22.7 Å². The number of hydrogen-bond acceptors (Lipinski definition) is 6. The van der Waals surface area contributed by atoms with Crippen molar-refractivity contribution in [1.29, 1.82) is 0 Å². The Morgan fingerprint density at radius 2 is 1.70 bits per heavy atom. The van der Waals surface area contributed by atoms with E-state index in [-0.39, 0.29) is 12.2 Å². The minimum atomic E-state index is -1.17. The van der Waals surface area contributed by atoms with Crippen molar-refractivity contribution >= 4 is 13.3 Å². The summed E-state index contributed by atoms with van der Waals surface area (Å²) in [4.78, 5) is 18.7. The standard InChI is InChI=1S/C15H25BN2O2.CO2/c17-15(7-3-4-9-16(19)20)8-10-18-11-13-5-1-2-6-14(13)12-18;2-1-3/h1-2,5-6,15,19-20H,3-4,7-12,17H2;/t15-;/m1./s1. The monoisotopic (exact) mass is 320 g/mol. The maximum atomic E-state index is 8.77. The normalized spacial score (nSPS) is 14.4. The summed E-state index contributed by atoms with van der Waals surface area (Å²) < 4.78 is 0. The highest BCUT2D eigenvalue weighted by molar-refractivity contribution is 6.40. The smallest absolute Gasteiger partial charge is 0.427 e. The SMILES string of the molecule is N[C@H](CCCCB(O)O)CCN1Cc2ccccc2C1.O=C=O. The first kappa shape index (κ1) is 19.6. The van der Waals surface area contributed by atoms with Gasteiger partial charge in [-0.15, -0.1) is 0 Å². The number of benzene rings is 1. The van der Waals surface area contributed by atoms with Crippen LogP contribution >= 0.6 is 0 Å². The van der Waals surface area contributed by atoms with Gasteiger partial charge in [-0.2, -0.15) is 9.59 Å². The average Bonchev–Trinajstić information content (AvgIpc) is 2.93. The van der Waals surface area contributed by atoms with Crippen molar-refractivity contribution in [3.63, 3.8) is 0 Å². The third-order valence-corrected chi connectivity index (χ3v) is 4.01. The number of carbonyl (C=O) groups excluding carboxylic acids is 2. The Morgan fingerprint density at radius 3 is 2.22 bits per heavy atom. The van der Waals surface area contributed by atoms with Crippen LogP contribution in [0.15, 0.2) is 24.3 Å². The zero-order chi connectivity index (χ0) is 17.1. The molecule has 0 aromatic heterocycles. The fraction of sp³-hybridized carbons (Fsp3) is 0.562. The second-order valence-electron chi connectivity index (χ2n) is 5.88. The summed E-state index contributed by atoms with van der Waals surface area (Å²) in [6.45, 7) is 3.12. The Morgan fingerprint density at radius 1 is 1.13 bits per heavy atom. The van der Waals surface area contributed by atoms with Crippen LogP contribution in [-0.4, -0.2) is 40.8 Å². The number of fused-ring (bicyclic) bond motifs is 1. The van der Waals surface area contributed by atoms with Crippen molar-refractivity contribution in [2.45, 2.75) is 51.1 Å². The van der Waals surface area contributed by atoms with Crippen molar-refractivity contribution in [3.8, 4) is 0 Å². The molecule has 0 radical (unpaired) electrons. The van der Waals surface area contributed by atoms with Crippen molar-refractivity contribution in [1.82, 2.24) is 4.90 Å². The molecule has 4 N–H and O–H groups in total. The van der Waals surface area contributed by atoms with Crippen LogP contribution in [0.1, 0.15) is 36.8 Å². The molecule has 1 aromatic rings. The summed E-state index contributed by atoms with van der Waals surface area (Å²) >= 11 is 0. The van der Waals surface area contributed by atoms with Crippen molar-refractivity contribution in [2.24, 2.45) is 5.73 Å². The van der Waals surface area contributed by atoms with Crippen molar-refractivity contribution in [2.75, 3.05) is 6.54 Å². The van der Waals surface area contributed by atoms with E-state index in [1.807, 2.05) is 0 Å². The molecule has 0 aliphatic carbocycles. The van der Waals surface area contributed by atoms with Gasteiger partial charge in [-0.25, -0.2) is 0 Å². The van der Waals surface area contributed by atoms with Crippen LogP contribution in [0, 0.1) is 0 Å². The first-order chi connectivity index (χ1) is 11.1. The molecule has 0 spiro atoms. The summed E-state index contributed by atoms with van der Waals surface area (Å²) in [7, 11) is -1.17. The Balaban J connectivity index is 0.000000816. The lowest BCUT2D eigenvalue weighted by Gasteiger charge is -2.18. The first-order valence-electron chi connectivity index (χ1n) is 7.97. The molecule has 1 aliphatic heterocycles. The van der Waals surface area contributed by atoms with Gasteiger partial charge >= 0.3 is 13.3 Å². The van der Waals surface area contributed by atoms with Crippen LogP contribution in [0.5, 0.6) is 0 Å². The Labute approximate surface area is 137 Å². The Hall–Kier alpha value is -1.50. The van der Waals surface area contributed by atoms with E-state index in [0.29, 0.717) is 6.32 Å². The lowest BCUT2D eigenvalue weighted by Crippen LogP contribution is -2.27. The second-order valence-corrected chi connectivity index (χ2v) is 5.88. The lowest BCUT2D eigenvalue weighted by atomic mass is 9.83. The number of nitrogens with two attached hydrogens (primary N) is 1. The first-order valence-corrected chi connectivity index (χ1v) is 7.97. The van der Waals surface area contributed by atoms with Gasteiger partial charge in [0.1, 0.15) is 0 Å². The third-order valence-electron chi connectivity index (χ3n) is 4.01. The highest BCUT2D eigenvalue weighted by Crippen LogP contribution is 2.22. The van der Waals surface area contributed by atoms with E-state index in [4.69, 9.17) is 25.4 Å². The van der Waals surface area contributed by atoms with E-state index >= 15 is 0 Å². The van der Waals surface area contributed by atoms with E-state index in [1.165, 1.54) is 11.1 Å². The molecule has 0 unspecified atom stereocenters. The molecule has 2 rings (SSSR count). The van der Waals surface area contributed by atoms with Gasteiger partial charge in [-0.3, -0.25) is 4.90 Å². The molecule has 126 valence electrons.